The molecule has 2 aromatic rings. The normalized spacial score (nSPS) is 22.2. The Hall–Kier alpha value is -2.75. The number of amides is 2. The van der Waals surface area contributed by atoms with Gasteiger partial charge in [-0.1, -0.05) is 17.7 Å². The number of anilines is 2. The van der Waals surface area contributed by atoms with Gasteiger partial charge in [-0.2, -0.15) is 4.98 Å². The van der Waals surface area contributed by atoms with Gasteiger partial charge in [-0.3, -0.25) is 9.88 Å². The van der Waals surface area contributed by atoms with E-state index < -0.39 is 30.2 Å². The number of rotatable bonds is 4. The number of nitrogens with one attached hydrogen (secondary N) is 2. The zero-order valence-electron chi connectivity index (χ0n) is 14.1. The molecule has 3 atom stereocenters. The van der Waals surface area contributed by atoms with Gasteiger partial charge in [0.25, 0.3) is 0 Å². The third-order valence-electron chi connectivity index (χ3n) is 4.08. The van der Waals surface area contributed by atoms with Gasteiger partial charge in [-0.05, 0) is 25.1 Å². The number of aromatic nitrogens is 2. The van der Waals surface area contributed by atoms with E-state index in [-0.39, 0.29) is 18.8 Å². The van der Waals surface area contributed by atoms with Crippen LogP contribution < -0.4 is 16.3 Å². The predicted molar refractivity (Wildman–Crippen MR) is 93.9 cm³/mol. The van der Waals surface area contributed by atoms with Crippen LogP contribution in [0.25, 0.3) is 0 Å². The van der Waals surface area contributed by atoms with Gasteiger partial charge in [0.15, 0.2) is 0 Å². The first-order chi connectivity index (χ1) is 12.5. The molecule has 138 valence electrons. The van der Waals surface area contributed by atoms with Gasteiger partial charge >= 0.3 is 11.7 Å². The van der Waals surface area contributed by atoms with Crippen molar-refractivity contribution in [3.8, 4) is 0 Å². The lowest BCUT2D eigenvalue weighted by Crippen LogP contribution is -2.29. The van der Waals surface area contributed by atoms with E-state index in [2.05, 4.69) is 15.6 Å². The van der Waals surface area contributed by atoms with Crippen LogP contribution in [0, 0.1) is 6.92 Å². The summed E-state index contributed by atoms with van der Waals surface area (Å²) in [6.07, 6.45) is -0.695. The molecule has 26 heavy (non-hydrogen) atoms. The zero-order chi connectivity index (χ0) is 18.7. The van der Waals surface area contributed by atoms with Crippen LogP contribution in [0.3, 0.4) is 0 Å². The van der Waals surface area contributed by atoms with Gasteiger partial charge in [-0.25, -0.2) is 9.59 Å². The number of ether oxygens (including phenoxy) is 1. The number of aliphatic hydroxyl groups excluding tert-OH is 2. The summed E-state index contributed by atoms with van der Waals surface area (Å²) in [7, 11) is 0. The smallest absolute Gasteiger partial charge is 0.351 e. The van der Waals surface area contributed by atoms with Crippen molar-refractivity contribution < 1.29 is 19.7 Å². The van der Waals surface area contributed by atoms with E-state index in [0.717, 1.165) is 5.56 Å². The second-order valence-electron chi connectivity index (χ2n) is 6.06. The van der Waals surface area contributed by atoms with E-state index in [4.69, 9.17) is 9.84 Å². The molecule has 0 saturated carbocycles. The number of aliphatic hydroxyl groups is 2. The summed E-state index contributed by atoms with van der Waals surface area (Å²) in [6.45, 7) is 1.61. The summed E-state index contributed by atoms with van der Waals surface area (Å²) in [5.74, 6) is 0.0908. The van der Waals surface area contributed by atoms with Crippen LogP contribution in [-0.4, -0.2) is 44.6 Å². The summed E-state index contributed by atoms with van der Waals surface area (Å²) >= 11 is 0. The monoisotopic (exact) mass is 360 g/mol. The van der Waals surface area contributed by atoms with Crippen molar-refractivity contribution >= 4 is 17.5 Å². The first-order valence-electron chi connectivity index (χ1n) is 8.14. The van der Waals surface area contributed by atoms with Crippen molar-refractivity contribution in [1.82, 2.24) is 9.55 Å². The Morgan fingerprint density at radius 3 is 2.65 bits per heavy atom. The Morgan fingerprint density at radius 1 is 1.31 bits per heavy atom. The summed E-state index contributed by atoms with van der Waals surface area (Å²) in [5.41, 5.74) is 1.06. The summed E-state index contributed by atoms with van der Waals surface area (Å²) in [5, 5.41) is 24.0. The third kappa shape index (κ3) is 4.07. The van der Waals surface area contributed by atoms with Gasteiger partial charge in [0.2, 0.25) is 0 Å². The molecule has 1 aromatic heterocycles. The lowest BCUT2D eigenvalue weighted by Gasteiger charge is -2.14. The molecule has 0 bridgehead atoms. The molecule has 3 rings (SSSR count). The number of aryl methyl sites for hydroxylation is 1. The number of hydrogen-bond acceptors (Lipinski definition) is 6. The number of carbonyl (C=O) groups excluding carboxylic acids is 1. The fourth-order valence-corrected chi connectivity index (χ4v) is 2.67. The van der Waals surface area contributed by atoms with Crippen LogP contribution in [0.4, 0.5) is 16.3 Å². The minimum absolute atomic E-state index is 0.0908. The van der Waals surface area contributed by atoms with E-state index >= 15 is 0 Å². The van der Waals surface area contributed by atoms with E-state index in [9.17, 15) is 14.7 Å². The predicted octanol–water partition coefficient (Wildman–Crippen LogP) is 0.836. The van der Waals surface area contributed by atoms with Crippen molar-refractivity contribution in [1.29, 1.82) is 0 Å². The van der Waals surface area contributed by atoms with Gasteiger partial charge in [0, 0.05) is 18.3 Å². The summed E-state index contributed by atoms with van der Waals surface area (Å²) in [4.78, 5) is 28.0. The van der Waals surface area contributed by atoms with E-state index in [0.29, 0.717) is 5.69 Å². The van der Waals surface area contributed by atoms with Crippen molar-refractivity contribution in [3.63, 3.8) is 0 Å². The molecule has 0 aliphatic carbocycles. The van der Waals surface area contributed by atoms with Crippen LogP contribution >= 0.6 is 0 Å². The van der Waals surface area contributed by atoms with Gasteiger partial charge in [-0.15, -0.1) is 0 Å². The van der Waals surface area contributed by atoms with Gasteiger partial charge < -0.3 is 20.3 Å². The SMILES string of the molecule is Cc1ccc(NC(=O)Nc2ccn([C@H]3C[C@H](O)[C@@H](CO)O3)c(=O)n2)cc1. The number of benzene rings is 1. The second kappa shape index (κ2) is 7.65. The molecular weight excluding hydrogens is 340 g/mol. The van der Waals surface area contributed by atoms with Crippen LogP contribution in [-0.2, 0) is 4.74 Å². The number of nitrogens with zero attached hydrogens (tertiary/aromatic N) is 2. The van der Waals surface area contributed by atoms with Crippen molar-refractivity contribution in [2.75, 3.05) is 17.2 Å². The molecule has 1 aliphatic heterocycles. The summed E-state index contributed by atoms with van der Waals surface area (Å²) in [6, 6.07) is 8.20. The molecule has 1 aliphatic rings. The van der Waals surface area contributed by atoms with E-state index in [1.165, 1.54) is 16.8 Å². The van der Waals surface area contributed by atoms with Crippen LogP contribution in [0.5, 0.6) is 0 Å². The highest BCUT2D eigenvalue weighted by molar-refractivity contribution is 5.99. The van der Waals surface area contributed by atoms with Crippen LogP contribution in [0.1, 0.15) is 18.2 Å². The minimum atomic E-state index is -0.852. The first-order valence-corrected chi connectivity index (χ1v) is 8.14. The highest BCUT2D eigenvalue weighted by Crippen LogP contribution is 2.27. The Bertz CT molecular complexity index is 836. The first kappa shape index (κ1) is 18.1. The molecular formula is C17H20N4O5. The third-order valence-corrected chi connectivity index (χ3v) is 4.08. The molecule has 2 heterocycles. The maximum atomic E-state index is 12.2. The number of hydrogen-bond donors (Lipinski definition) is 4. The van der Waals surface area contributed by atoms with Crippen molar-refractivity contribution in [3.05, 3.63) is 52.6 Å². The molecule has 1 fully saturated rings. The van der Waals surface area contributed by atoms with E-state index in [1.54, 1.807) is 12.1 Å². The molecule has 0 spiro atoms. The average Bonchev–Trinajstić information content (AvgIpc) is 2.97. The Labute approximate surface area is 149 Å². The van der Waals surface area contributed by atoms with Crippen LogP contribution in [0.2, 0.25) is 0 Å². The summed E-state index contributed by atoms with van der Waals surface area (Å²) < 4.78 is 6.63. The molecule has 0 unspecified atom stereocenters. The molecule has 9 heteroatoms. The average molecular weight is 360 g/mol. The maximum absolute atomic E-state index is 12.2. The largest absolute Gasteiger partial charge is 0.394 e. The van der Waals surface area contributed by atoms with E-state index in [1.807, 2.05) is 19.1 Å². The molecule has 1 aromatic carbocycles. The molecule has 0 radical (unpaired) electrons. The quantitative estimate of drug-likeness (QED) is 0.640. The van der Waals surface area contributed by atoms with Gasteiger partial charge in [0.1, 0.15) is 18.1 Å². The lowest BCUT2D eigenvalue weighted by molar-refractivity contribution is -0.0458. The number of urea groups is 1. The zero-order valence-corrected chi connectivity index (χ0v) is 14.1. The topological polar surface area (TPSA) is 126 Å². The fourth-order valence-electron chi connectivity index (χ4n) is 2.67. The van der Waals surface area contributed by atoms with Crippen molar-refractivity contribution in [2.45, 2.75) is 31.8 Å². The highest BCUT2D eigenvalue weighted by atomic mass is 16.5. The molecule has 2 amide bonds. The van der Waals surface area contributed by atoms with Crippen LogP contribution in [0.15, 0.2) is 41.3 Å². The van der Waals surface area contributed by atoms with Crippen molar-refractivity contribution in [2.24, 2.45) is 0 Å². The standard InChI is InChI=1S/C17H20N4O5/c1-10-2-4-11(5-3-10)18-16(24)19-14-6-7-21(17(25)20-14)15-8-12(23)13(9-22)26-15/h2-7,12-13,15,22-23H,8-9H2,1H3,(H2,18,19,20,24,25)/t12-,13+,15+/m0/s1. The minimum Gasteiger partial charge on any atom is -0.394 e. The Morgan fingerprint density at radius 2 is 2.04 bits per heavy atom. The maximum Gasteiger partial charge on any atom is 0.351 e. The highest BCUT2D eigenvalue weighted by Gasteiger charge is 2.34. The Kier molecular flexibility index (Phi) is 5.31. The molecule has 1 saturated heterocycles. The Balaban J connectivity index is 1.65. The fraction of sp³-hybridized carbons (Fsp3) is 0.353. The lowest BCUT2D eigenvalue weighted by atomic mass is 10.2. The number of carbonyl (C=O) groups is 1. The molecule has 9 nitrogen and oxygen atoms in total. The molecule has 4 N–H and O–H groups in total. The van der Waals surface area contributed by atoms with Gasteiger partial charge in [0.05, 0.1) is 12.7 Å². The second-order valence-corrected chi connectivity index (χ2v) is 6.06.